The molecule has 0 saturated carbocycles. The molecule has 1 atom stereocenters. The van der Waals surface area contributed by atoms with Gasteiger partial charge >= 0.3 is 5.97 Å². The van der Waals surface area contributed by atoms with Gasteiger partial charge < -0.3 is 5.11 Å². The Hall–Kier alpha value is -1.42. The number of carboxylic acid groups (broad SMARTS) is 1. The molecular formula is C14H20N2O2. The van der Waals surface area contributed by atoms with Crippen molar-refractivity contribution in [1.29, 1.82) is 0 Å². The van der Waals surface area contributed by atoms with Crippen molar-refractivity contribution in [1.82, 2.24) is 9.88 Å². The van der Waals surface area contributed by atoms with Crippen LogP contribution in [0.2, 0.25) is 0 Å². The number of carboxylic acids is 1. The molecule has 0 bridgehead atoms. The van der Waals surface area contributed by atoms with Crippen LogP contribution in [0.1, 0.15) is 31.7 Å². The van der Waals surface area contributed by atoms with Gasteiger partial charge in [-0.2, -0.15) is 0 Å². The van der Waals surface area contributed by atoms with Crippen LogP contribution in [-0.4, -0.2) is 34.0 Å². The summed E-state index contributed by atoms with van der Waals surface area (Å²) in [5.41, 5.74) is 1.10. The average molecular weight is 248 g/mol. The van der Waals surface area contributed by atoms with Crippen LogP contribution in [-0.2, 0) is 11.3 Å². The van der Waals surface area contributed by atoms with Gasteiger partial charge in [0.2, 0.25) is 0 Å². The Morgan fingerprint density at radius 1 is 1.61 bits per heavy atom. The van der Waals surface area contributed by atoms with Gasteiger partial charge in [-0.15, -0.1) is 0 Å². The fourth-order valence-electron chi connectivity index (χ4n) is 2.82. The average Bonchev–Trinajstić information content (AvgIpc) is 2.28. The number of hydrogen-bond acceptors (Lipinski definition) is 3. The van der Waals surface area contributed by atoms with E-state index in [1.807, 2.05) is 12.3 Å². The number of piperidine rings is 1. The van der Waals surface area contributed by atoms with Crippen LogP contribution in [0.3, 0.4) is 0 Å². The van der Waals surface area contributed by atoms with Crippen LogP contribution in [0.4, 0.5) is 0 Å². The van der Waals surface area contributed by atoms with Crippen molar-refractivity contribution in [2.45, 2.75) is 32.7 Å². The Labute approximate surface area is 108 Å². The van der Waals surface area contributed by atoms with Gasteiger partial charge in [-0.25, -0.2) is 0 Å². The van der Waals surface area contributed by atoms with E-state index in [-0.39, 0.29) is 11.8 Å². The van der Waals surface area contributed by atoms with E-state index < -0.39 is 5.97 Å². The second-order valence-electron chi connectivity index (χ2n) is 5.56. The summed E-state index contributed by atoms with van der Waals surface area (Å²) in [6.45, 7) is 4.85. The van der Waals surface area contributed by atoms with E-state index in [9.17, 15) is 4.79 Å². The summed E-state index contributed by atoms with van der Waals surface area (Å²) >= 11 is 0. The van der Waals surface area contributed by atoms with Crippen molar-refractivity contribution in [3.63, 3.8) is 0 Å². The highest BCUT2D eigenvalue weighted by atomic mass is 16.4. The van der Waals surface area contributed by atoms with Gasteiger partial charge in [0.1, 0.15) is 0 Å². The number of aromatic nitrogens is 1. The number of likely N-dealkylation sites (tertiary alicyclic amines) is 1. The number of aliphatic carboxylic acids is 1. The molecule has 0 amide bonds. The SMILES string of the molecule is CC1(CC(=O)O)CCCN(Cc2cccnc2)C1. The van der Waals surface area contributed by atoms with Crippen LogP contribution in [0.5, 0.6) is 0 Å². The van der Waals surface area contributed by atoms with E-state index in [2.05, 4.69) is 22.9 Å². The molecule has 1 unspecified atom stereocenters. The van der Waals surface area contributed by atoms with E-state index in [0.29, 0.717) is 0 Å². The summed E-state index contributed by atoms with van der Waals surface area (Å²) < 4.78 is 0. The molecule has 1 aliphatic rings. The van der Waals surface area contributed by atoms with Crippen molar-refractivity contribution in [2.24, 2.45) is 5.41 Å². The number of pyridine rings is 1. The third-order valence-corrected chi connectivity index (χ3v) is 3.57. The zero-order chi connectivity index (χ0) is 13.0. The van der Waals surface area contributed by atoms with E-state index in [4.69, 9.17) is 5.11 Å². The van der Waals surface area contributed by atoms with Gasteiger partial charge in [-0.3, -0.25) is 14.7 Å². The smallest absolute Gasteiger partial charge is 0.303 e. The molecule has 1 aromatic heterocycles. The fraction of sp³-hybridized carbons (Fsp3) is 0.571. The molecule has 18 heavy (non-hydrogen) atoms. The lowest BCUT2D eigenvalue weighted by atomic mass is 9.79. The number of rotatable bonds is 4. The van der Waals surface area contributed by atoms with E-state index in [0.717, 1.165) is 32.5 Å². The number of hydrogen-bond donors (Lipinski definition) is 1. The van der Waals surface area contributed by atoms with Gasteiger partial charge in [0.05, 0.1) is 6.42 Å². The maximum Gasteiger partial charge on any atom is 0.303 e. The van der Waals surface area contributed by atoms with Gasteiger partial charge in [-0.05, 0) is 36.4 Å². The Bertz CT molecular complexity index is 408. The zero-order valence-corrected chi connectivity index (χ0v) is 10.8. The summed E-state index contributed by atoms with van der Waals surface area (Å²) in [5, 5.41) is 8.98. The molecule has 1 saturated heterocycles. The summed E-state index contributed by atoms with van der Waals surface area (Å²) in [6.07, 6.45) is 5.99. The van der Waals surface area contributed by atoms with E-state index in [1.165, 1.54) is 5.56 Å². The molecule has 1 aliphatic heterocycles. The summed E-state index contributed by atoms with van der Waals surface area (Å²) in [7, 11) is 0. The normalized spacial score (nSPS) is 24.9. The first-order chi connectivity index (χ1) is 8.57. The highest BCUT2D eigenvalue weighted by Gasteiger charge is 2.32. The molecule has 0 aromatic carbocycles. The minimum Gasteiger partial charge on any atom is -0.481 e. The largest absolute Gasteiger partial charge is 0.481 e. The summed E-state index contributed by atoms with van der Waals surface area (Å²) in [6, 6.07) is 4.01. The first kappa shape index (κ1) is 13.0. The highest BCUT2D eigenvalue weighted by molar-refractivity contribution is 5.67. The van der Waals surface area contributed by atoms with Crippen molar-refractivity contribution in [2.75, 3.05) is 13.1 Å². The minimum atomic E-state index is -0.694. The molecule has 4 nitrogen and oxygen atoms in total. The van der Waals surface area contributed by atoms with Crippen LogP contribution >= 0.6 is 0 Å². The molecule has 1 N–H and O–H groups in total. The van der Waals surface area contributed by atoms with Crippen molar-refractivity contribution in [3.8, 4) is 0 Å². The molecule has 2 heterocycles. The van der Waals surface area contributed by atoms with Gasteiger partial charge in [0.15, 0.2) is 0 Å². The lowest BCUT2D eigenvalue weighted by Gasteiger charge is -2.39. The molecular weight excluding hydrogens is 228 g/mol. The predicted octanol–water partition coefficient (Wildman–Crippen LogP) is 2.16. The number of nitrogens with zero attached hydrogens (tertiary/aromatic N) is 2. The second-order valence-corrected chi connectivity index (χ2v) is 5.56. The predicted molar refractivity (Wildman–Crippen MR) is 69.1 cm³/mol. The first-order valence-electron chi connectivity index (χ1n) is 6.40. The standard InChI is InChI=1S/C14H20N2O2/c1-14(8-13(17)18)5-3-7-16(11-14)10-12-4-2-6-15-9-12/h2,4,6,9H,3,5,7-8,10-11H2,1H3,(H,17,18). The third kappa shape index (κ3) is 3.53. The minimum absolute atomic E-state index is 0.0910. The van der Waals surface area contributed by atoms with Gasteiger partial charge in [0, 0.05) is 25.5 Å². The Kier molecular flexibility index (Phi) is 3.97. The quantitative estimate of drug-likeness (QED) is 0.887. The number of carbonyl (C=O) groups is 1. The van der Waals surface area contributed by atoms with Crippen molar-refractivity contribution < 1.29 is 9.90 Å². The molecule has 0 aliphatic carbocycles. The van der Waals surface area contributed by atoms with Crippen LogP contribution in [0.15, 0.2) is 24.5 Å². The molecule has 2 rings (SSSR count). The molecule has 4 heteroatoms. The van der Waals surface area contributed by atoms with Crippen molar-refractivity contribution >= 4 is 5.97 Å². The molecule has 1 fully saturated rings. The van der Waals surface area contributed by atoms with Gasteiger partial charge in [-0.1, -0.05) is 13.0 Å². The summed E-state index contributed by atoms with van der Waals surface area (Å²) in [4.78, 5) is 17.4. The second kappa shape index (κ2) is 5.48. The van der Waals surface area contributed by atoms with Crippen molar-refractivity contribution in [3.05, 3.63) is 30.1 Å². The maximum atomic E-state index is 10.9. The van der Waals surface area contributed by atoms with Gasteiger partial charge in [0.25, 0.3) is 0 Å². The topological polar surface area (TPSA) is 53.4 Å². The molecule has 98 valence electrons. The van der Waals surface area contributed by atoms with Crippen LogP contribution < -0.4 is 0 Å². The zero-order valence-electron chi connectivity index (χ0n) is 10.8. The van der Waals surface area contributed by atoms with E-state index >= 15 is 0 Å². The summed E-state index contributed by atoms with van der Waals surface area (Å²) in [5.74, 6) is -0.694. The molecule has 1 aromatic rings. The lowest BCUT2D eigenvalue weighted by molar-refractivity contribution is -0.140. The third-order valence-electron chi connectivity index (χ3n) is 3.57. The van der Waals surface area contributed by atoms with E-state index in [1.54, 1.807) is 6.20 Å². The Morgan fingerprint density at radius 3 is 3.11 bits per heavy atom. The molecule has 0 radical (unpaired) electrons. The fourth-order valence-corrected chi connectivity index (χ4v) is 2.82. The Morgan fingerprint density at radius 2 is 2.44 bits per heavy atom. The molecule has 0 spiro atoms. The van der Waals surface area contributed by atoms with Crippen LogP contribution in [0.25, 0.3) is 0 Å². The first-order valence-corrected chi connectivity index (χ1v) is 6.40. The monoisotopic (exact) mass is 248 g/mol. The highest BCUT2D eigenvalue weighted by Crippen LogP contribution is 2.33. The lowest BCUT2D eigenvalue weighted by Crippen LogP contribution is -2.42. The Balaban J connectivity index is 1.96. The van der Waals surface area contributed by atoms with Crippen LogP contribution in [0, 0.1) is 5.41 Å². The maximum absolute atomic E-state index is 10.9.